The van der Waals surface area contributed by atoms with Crippen LogP contribution < -0.4 is 4.74 Å². The van der Waals surface area contributed by atoms with E-state index in [1.54, 1.807) is 6.20 Å². The molecular weight excluding hydrogens is 310 g/mol. The van der Waals surface area contributed by atoms with Crippen LogP contribution in [0.25, 0.3) is 0 Å². The molecule has 2 aliphatic carbocycles. The third-order valence-electron chi connectivity index (χ3n) is 6.41. The Bertz CT molecular complexity index is 635. The van der Waals surface area contributed by atoms with Crippen LogP contribution in [0.15, 0.2) is 18.3 Å². The van der Waals surface area contributed by atoms with Gasteiger partial charge in [0.05, 0.1) is 6.20 Å². The average Bonchev–Trinajstić information content (AvgIpc) is 3.04. The number of aromatic nitrogens is 1. The highest BCUT2D eigenvalue weighted by Gasteiger charge is 2.59. The largest absolute Gasteiger partial charge is 0.425 e. The summed E-state index contributed by atoms with van der Waals surface area (Å²) in [5, 5.41) is 0. The Kier molecular flexibility index (Phi) is 4.50. The van der Waals surface area contributed by atoms with E-state index in [9.17, 15) is 4.79 Å². The SMILES string of the molecule is CC(=O)Oc1ccc(C2CC3CC2C(C(C)(C)C)C3C(C)(C)C)nc1. The lowest BCUT2D eigenvalue weighted by Crippen LogP contribution is -2.42. The lowest BCUT2D eigenvalue weighted by molar-refractivity contribution is -0.131. The lowest BCUT2D eigenvalue weighted by Gasteiger charge is -2.48. The summed E-state index contributed by atoms with van der Waals surface area (Å²) < 4.78 is 5.13. The van der Waals surface area contributed by atoms with Gasteiger partial charge in [0.2, 0.25) is 0 Å². The maximum atomic E-state index is 11.1. The van der Waals surface area contributed by atoms with Crippen molar-refractivity contribution >= 4 is 5.97 Å². The minimum Gasteiger partial charge on any atom is -0.425 e. The molecule has 0 aliphatic heterocycles. The molecule has 5 unspecified atom stereocenters. The first-order valence-electron chi connectivity index (χ1n) is 9.63. The first-order valence-corrected chi connectivity index (χ1v) is 9.63. The summed E-state index contributed by atoms with van der Waals surface area (Å²) in [5.74, 6) is 3.81. The summed E-state index contributed by atoms with van der Waals surface area (Å²) in [6, 6.07) is 3.96. The molecule has 0 amide bonds. The Balaban J connectivity index is 1.86. The topological polar surface area (TPSA) is 39.2 Å². The molecule has 2 aliphatic rings. The van der Waals surface area contributed by atoms with Gasteiger partial charge in [-0.3, -0.25) is 9.78 Å². The lowest BCUT2D eigenvalue weighted by atomic mass is 9.56. The van der Waals surface area contributed by atoms with E-state index in [1.807, 2.05) is 6.07 Å². The molecule has 0 radical (unpaired) electrons. The smallest absolute Gasteiger partial charge is 0.308 e. The number of hydrogen-bond donors (Lipinski definition) is 0. The molecule has 25 heavy (non-hydrogen) atoms. The number of hydrogen-bond acceptors (Lipinski definition) is 3. The Labute approximate surface area is 152 Å². The maximum absolute atomic E-state index is 11.1. The predicted molar refractivity (Wildman–Crippen MR) is 100 cm³/mol. The molecule has 0 spiro atoms. The van der Waals surface area contributed by atoms with Gasteiger partial charge in [-0.2, -0.15) is 0 Å². The number of fused-ring (bicyclic) bond motifs is 2. The van der Waals surface area contributed by atoms with Gasteiger partial charge in [0.15, 0.2) is 0 Å². The van der Waals surface area contributed by atoms with Gasteiger partial charge in [0.1, 0.15) is 5.75 Å². The van der Waals surface area contributed by atoms with Gasteiger partial charge in [-0.1, -0.05) is 41.5 Å². The summed E-state index contributed by atoms with van der Waals surface area (Å²) in [6.07, 6.45) is 4.29. The van der Waals surface area contributed by atoms with E-state index in [4.69, 9.17) is 4.74 Å². The van der Waals surface area contributed by atoms with Gasteiger partial charge < -0.3 is 4.74 Å². The number of carbonyl (C=O) groups excluding carboxylic acids is 1. The van der Waals surface area contributed by atoms with Crippen molar-refractivity contribution in [1.29, 1.82) is 0 Å². The second kappa shape index (κ2) is 6.10. The van der Waals surface area contributed by atoms with Gasteiger partial charge in [0, 0.05) is 18.5 Å². The van der Waals surface area contributed by atoms with Gasteiger partial charge >= 0.3 is 5.97 Å². The number of carbonyl (C=O) groups is 1. The monoisotopic (exact) mass is 343 g/mol. The van der Waals surface area contributed by atoms with Crippen LogP contribution >= 0.6 is 0 Å². The summed E-state index contributed by atoms with van der Waals surface area (Å²) >= 11 is 0. The molecular formula is C22H33NO2. The van der Waals surface area contributed by atoms with Crippen molar-refractivity contribution in [3.8, 4) is 5.75 Å². The molecule has 3 rings (SSSR count). The number of ether oxygens (including phenoxy) is 1. The minimum atomic E-state index is -0.296. The number of esters is 1. The third kappa shape index (κ3) is 3.47. The number of nitrogens with zero attached hydrogens (tertiary/aromatic N) is 1. The van der Waals surface area contributed by atoms with E-state index in [0.717, 1.165) is 17.8 Å². The maximum Gasteiger partial charge on any atom is 0.308 e. The van der Waals surface area contributed by atoms with E-state index < -0.39 is 0 Å². The van der Waals surface area contributed by atoms with E-state index in [1.165, 1.54) is 25.5 Å². The molecule has 138 valence electrons. The Morgan fingerprint density at radius 1 is 1.04 bits per heavy atom. The fraction of sp³-hybridized carbons (Fsp3) is 0.727. The van der Waals surface area contributed by atoms with Crippen LogP contribution in [-0.4, -0.2) is 11.0 Å². The minimum absolute atomic E-state index is 0.296. The van der Waals surface area contributed by atoms with Gasteiger partial charge in [0.25, 0.3) is 0 Å². The molecule has 0 saturated heterocycles. The van der Waals surface area contributed by atoms with Crippen molar-refractivity contribution in [1.82, 2.24) is 4.98 Å². The van der Waals surface area contributed by atoms with E-state index >= 15 is 0 Å². The van der Waals surface area contributed by atoms with Crippen LogP contribution in [0.5, 0.6) is 5.75 Å². The Hall–Kier alpha value is -1.38. The Morgan fingerprint density at radius 2 is 1.68 bits per heavy atom. The summed E-state index contributed by atoms with van der Waals surface area (Å²) in [5.41, 5.74) is 1.84. The van der Waals surface area contributed by atoms with E-state index in [0.29, 0.717) is 28.4 Å². The quantitative estimate of drug-likeness (QED) is 0.670. The van der Waals surface area contributed by atoms with Crippen LogP contribution in [0.2, 0.25) is 0 Å². The van der Waals surface area contributed by atoms with Crippen LogP contribution in [0.4, 0.5) is 0 Å². The summed E-state index contributed by atoms with van der Waals surface area (Å²) in [4.78, 5) is 15.8. The van der Waals surface area contributed by atoms with Gasteiger partial charge in [-0.25, -0.2) is 0 Å². The highest BCUT2D eigenvalue weighted by atomic mass is 16.5. The third-order valence-corrected chi connectivity index (χ3v) is 6.41. The number of rotatable bonds is 2. The molecule has 2 fully saturated rings. The van der Waals surface area contributed by atoms with Crippen LogP contribution in [0.1, 0.15) is 72.9 Å². The van der Waals surface area contributed by atoms with Crippen molar-refractivity contribution in [2.24, 2.45) is 34.5 Å². The average molecular weight is 344 g/mol. The van der Waals surface area contributed by atoms with Gasteiger partial charge in [-0.05, 0) is 59.5 Å². The fourth-order valence-corrected chi connectivity index (χ4v) is 5.96. The highest BCUT2D eigenvalue weighted by molar-refractivity contribution is 5.69. The normalized spacial score (nSPS) is 32.0. The molecule has 5 atom stereocenters. The van der Waals surface area contributed by atoms with Crippen LogP contribution in [0, 0.1) is 34.5 Å². The van der Waals surface area contributed by atoms with E-state index in [2.05, 4.69) is 52.6 Å². The van der Waals surface area contributed by atoms with Crippen molar-refractivity contribution in [3.05, 3.63) is 24.0 Å². The van der Waals surface area contributed by atoms with Crippen molar-refractivity contribution < 1.29 is 9.53 Å². The molecule has 2 bridgehead atoms. The molecule has 0 N–H and O–H groups in total. The first-order chi connectivity index (χ1) is 11.5. The van der Waals surface area contributed by atoms with Crippen LogP contribution in [0.3, 0.4) is 0 Å². The van der Waals surface area contributed by atoms with Crippen molar-refractivity contribution in [2.45, 2.75) is 67.2 Å². The fourth-order valence-electron chi connectivity index (χ4n) is 5.96. The van der Waals surface area contributed by atoms with Crippen LogP contribution in [-0.2, 0) is 4.79 Å². The molecule has 2 saturated carbocycles. The molecule has 3 nitrogen and oxygen atoms in total. The zero-order valence-electron chi connectivity index (χ0n) is 16.8. The van der Waals surface area contributed by atoms with Gasteiger partial charge in [-0.15, -0.1) is 0 Å². The molecule has 1 heterocycles. The molecule has 3 heteroatoms. The highest BCUT2D eigenvalue weighted by Crippen LogP contribution is 2.66. The zero-order valence-corrected chi connectivity index (χ0v) is 16.8. The summed E-state index contributed by atoms with van der Waals surface area (Å²) in [7, 11) is 0. The number of pyridine rings is 1. The Morgan fingerprint density at radius 3 is 2.16 bits per heavy atom. The van der Waals surface area contributed by atoms with Crippen molar-refractivity contribution in [2.75, 3.05) is 0 Å². The standard InChI is InChI=1S/C22H33NO2/c1-13(24)25-15-8-9-18(23-12-15)16-10-14-11-17(16)20(22(5,6)7)19(14)21(2,3)4/h8-9,12,14,16-17,19-20H,10-11H2,1-7H3. The predicted octanol–water partition coefficient (Wildman–Crippen LogP) is 5.45. The summed E-state index contributed by atoms with van der Waals surface area (Å²) in [6.45, 7) is 15.9. The zero-order chi connectivity index (χ0) is 18.6. The van der Waals surface area contributed by atoms with Crippen molar-refractivity contribution in [3.63, 3.8) is 0 Å². The molecule has 1 aromatic rings. The molecule has 0 aromatic carbocycles. The molecule has 1 aromatic heterocycles. The van der Waals surface area contributed by atoms with E-state index in [-0.39, 0.29) is 5.97 Å². The second-order valence-electron chi connectivity index (χ2n) is 10.3. The first kappa shape index (κ1) is 18.4. The second-order valence-corrected chi connectivity index (χ2v) is 10.3.